The molecular formula is C27H29N3O5S. The van der Waals surface area contributed by atoms with E-state index < -0.39 is 11.8 Å². The molecule has 0 saturated carbocycles. The number of para-hydroxylation sites is 1. The third-order valence-electron chi connectivity index (χ3n) is 4.94. The number of carbonyl (C=O) groups excluding carboxylic acids is 2. The van der Waals surface area contributed by atoms with E-state index in [0.717, 1.165) is 5.75 Å². The Labute approximate surface area is 215 Å². The number of hydrazine groups is 1. The topological polar surface area (TPSA) is 97.9 Å². The van der Waals surface area contributed by atoms with Gasteiger partial charge in [0.1, 0.15) is 30.5 Å². The summed E-state index contributed by atoms with van der Waals surface area (Å²) in [4.78, 5) is 24.4. The maximum absolute atomic E-state index is 12.4. The minimum Gasteiger partial charge on any atom is -0.490 e. The van der Waals surface area contributed by atoms with Crippen molar-refractivity contribution in [2.45, 2.75) is 19.8 Å². The minimum absolute atomic E-state index is 0.0481. The van der Waals surface area contributed by atoms with Crippen LogP contribution in [0.15, 0.2) is 78.9 Å². The Morgan fingerprint density at radius 2 is 1.31 bits per heavy atom. The first-order valence-electron chi connectivity index (χ1n) is 11.4. The molecule has 3 rings (SSSR count). The Kier molecular flexibility index (Phi) is 10.1. The smallest absolute Gasteiger partial charge is 0.276 e. The highest BCUT2D eigenvalue weighted by molar-refractivity contribution is 7.80. The highest BCUT2D eigenvalue weighted by atomic mass is 32.1. The Morgan fingerprint density at radius 1 is 0.750 bits per heavy atom. The molecule has 0 radical (unpaired) electrons. The summed E-state index contributed by atoms with van der Waals surface area (Å²) in [5.41, 5.74) is 6.44. The maximum atomic E-state index is 12.4. The van der Waals surface area contributed by atoms with Gasteiger partial charge in [-0.1, -0.05) is 44.2 Å². The van der Waals surface area contributed by atoms with Gasteiger partial charge in [0.05, 0.1) is 0 Å². The van der Waals surface area contributed by atoms with Crippen molar-refractivity contribution in [3.8, 4) is 17.2 Å². The van der Waals surface area contributed by atoms with Crippen LogP contribution >= 0.6 is 12.2 Å². The van der Waals surface area contributed by atoms with Gasteiger partial charge in [-0.3, -0.25) is 25.8 Å². The number of rotatable bonds is 10. The molecule has 9 heteroatoms. The average Bonchev–Trinajstić information content (AvgIpc) is 2.90. The van der Waals surface area contributed by atoms with E-state index in [0.29, 0.717) is 36.2 Å². The van der Waals surface area contributed by atoms with Gasteiger partial charge < -0.3 is 14.2 Å². The normalized spacial score (nSPS) is 10.3. The van der Waals surface area contributed by atoms with E-state index in [4.69, 9.17) is 26.4 Å². The number of carbonyl (C=O) groups is 2. The lowest BCUT2D eigenvalue weighted by atomic mass is 10.0. The van der Waals surface area contributed by atoms with Gasteiger partial charge in [0.25, 0.3) is 11.8 Å². The molecule has 0 heterocycles. The van der Waals surface area contributed by atoms with Crippen LogP contribution in [-0.4, -0.2) is 36.7 Å². The summed E-state index contributed by atoms with van der Waals surface area (Å²) in [5, 5.41) is 2.45. The van der Waals surface area contributed by atoms with Crippen molar-refractivity contribution in [1.82, 2.24) is 16.2 Å². The van der Waals surface area contributed by atoms with Crippen molar-refractivity contribution in [2.24, 2.45) is 0 Å². The molecule has 3 aromatic rings. The number of benzene rings is 3. The van der Waals surface area contributed by atoms with E-state index in [9.17, 15) is 9.59 Å². The summed E-state index contributed by atoms with van der Waals surface area (Å²) in [6.07, 6.45) is 0. The molecular weight excluding hydrogens is 478 g/mol. The molecule has 0 saturated heterocycles. The van der Waals surface area contributed by atoms with Crippen LogP contribution in [0.3, 0.4) is 0 Å². The SMILES string of the molecule is CC(C)c1ccc(OCC(=O)NNC(=S)NC(=O)c2ccc(OCCOc3ccccc3)cc2)cc1. The first-order chi connectivity index (χ1) is 17.4. The van der Waals surface area contributed by atoms with Crippen LogP contribution in [0.25, 0.3) is 0 Å². The Balaban J connectivity index is 1.33. The number of hydrogen-bond donors (Lipinski definition) is 3. The Bertz CT molecular complexity index is 1140. The predicted octanol–water partition coefficient (Wildman–Crippen LogP) is 3.98. The molecule has 0 atom stereocenters. The highest BCUT2D eigenvalue weighted by Gasteiger charge is 2.10. The largest absolute Gasteiger partial charge is 0.490 e. The maximum Gasteiger partial charge on any atom is 0.276 e. The van der Waals surface area contributed by atoms with Crippen LogP contribution < -0.4 is 30.4 Å². The van der Waals surface area contributed by atoms with E-state index in [-0.39, 0.29) is 11.7 Å². The van der Waals surface area contributed by atoms with Crippen molar-refractivity contribution in [1.29, 1.82) is 0 Å². The van der Waals surface area contributed by atoms with Gasteiger partial charge in [0, 0.05) is 5.56 Å². The molecule has 0 aliphatic heterocycles. The Morgan fingerprint density at radius 3 is 1.92 bits per heavy atom. The number of nitrogens with one attached hydrogen (secondary N) is 3. The zero-order valence-corrected chi connectivity index (χ0v) is 21.0. The third-order valence-corrected chi connectivity index (χ3v) is 5.14. The van der Waals surface area contributed by atoms with Gasteiger partial charge in [-0.15, -0.1) is 0 Å². The van der Waals surface area contributed by atoms with Crippen LogP contribution in [0.5, 0.6) is 17.2 Å². The lowest BCUT2D eigenvalue weighted by Crippen LogP contribution is -2.49. The third kappa shape index (κ3) is 8.92. The summed E-state index contributed by atoms with van der Waals surface area (Å²) < 4.78 is 16.7. The molecule has 0 spiro atoms. The summed E-state index contributed by atoms with van der Waals surface area (Å²) in [7, 11) is 0. The molecule has 0 fully saturated rings. The van der Waals surface area contributed by atoms with Gasteiger partial charge in [0.15, 0.2) is 11.7 Å². The second kappa shape index (κ2) is 13.7. The predicted molar refractivity (Wildman–Crippen MR) is 141 cm³/mol. The van der Waals surface area contributed by atoms with E-state index >= 15 is 0 Å². The quantitative estimate of drug-likeness (QED) is 0.217. The molecule has 8 nitrogen and oxygen atoms in total. The van der Waals surface area contributed by atoms with E-state index in [1.165, 1.54) is 5.56 Å². The summed E-state index contributed by atoms with van der Waals surface area (Å²) in [6.45, 7) is 4.76. The molecule has 0 aromatic heterocycles. The van der Waals surface area contributed by atoms with Crippen molar-refractivity contribution >= 4 is 29.1 Å². The molecule has 0 aliphatic rings. The van der Waals surface area contributed by atoms with Crippen molar-refractivity contribution < 1.29 is 23.8 Å². The molecule has 3 N–H and O–H groups in total. The van der Waals surface area contributed by atoms with Crippen molar-refractivity contribution in [3.63, 3.8) is 0 Å². The molecule has 0 unspecified atom stereocenters. The lowest BCUT2D eigenvalue weighted by molar-refractivity contribution is -0.123. The fourth-order valence-corrected chi connectivity index (χ4v) is 3.15. The van der Waals surface area contributed by atoms with E-state index in [1.807, 2.05) is 54.6 Å². The first-order valence-corrected chi connectivity index (χ1v) is 11.8. The standard InChI is InChI=1S/C27H29N3O5S/c1-19(2)20-8-12-24(13-9-20)35-18-25(31)29-30-27(36)28-26(32)21-10-14-23(15-11-21)34-17-16-33-22-6-4-3-5-7-22/h3-15,19H,16-18H2,1-2H3,(H,29,31)(H2,28,30,32,36). The van der Waals surface area contributed by atoms with Crippen LogP contribution in [0.2, 0.25) is 0 Å². The van der Waals surface area contributed by atoms with Gasteiger partial charge >= 0.3 is 0 Å². The first kappa shape index (κ1) is 26.5. The number of ether oxygens (including phenoxy) is 3. The zero-order valence-electron chi connectivity index (χ0n) is 20.2. The van der Waals surface area contributed by atoms with Crippen molar-refractivity contribution in [2.75, 3.05) is 19.8 Å². The average molecular weight is 508 g/mol. The fraction of sp³-hybridized carbons (Fsp3) is 0.222. The highest BCUT2D eigenvalue weighted by Crippen LogP contribution is 2.18. The van der Waals surface area contributed by atoms with Gasteiger partial charge in [-0.05, 0) is 72.2 Å². The van der Waals surface area contributed by atoms with Crippen LogP contribution in [0.4, 0.5) is 0 Å². The number of thiocarbonyl (C=S) groups is 1. The van der Waals surface area contributed by atoms with Gasteiger partial charge in [-0.2, -0.15) is 0 Å². The van der Waals surface area contributed by atoms with Crippen molar-refractivity contribution in [3.05, 3.63) is 90.0 Å². The second-order valence-corrected chi connectivity index (χ2v) is 8.41. The molecule has 0 aliphatic carbocycles. The molecule has 0 bridgehead atoms. The second-order valence-electron chi connectivity index (χ2n) is 8.00. The lowest BCUT2D eigenvalue weighted by Gasteiger charge is -2.12. The minimum atomic E-state index is -0.447. The Hall–Kier alpha value is -4.11. The summed E-state index contributed by atoms with van der Waals surface area (Å²) >= 11 is 5.06. The summed E-state index contributed by atoms with van der Waals surface area (Å²) in [6, 6.07) is 23.6. The van der Waals surface area contributed by atoms with Crippen LogP contribution in [0.1, 0.15) is 35.7 Å². The number of amides is 2. The van der Waals surface area contributed by atoms with Crippen LogP contribution in [0, 0.1) is 0 Å². The molecule has 2 amide bonds. The summed E-state index contributed by atoms with van der Waals surface area (Å²) in [5.74, 6) is 1.51. The van der Waals surface area contributed by atoms with E-state index in [2.05, 4.69) is 30.0 Å². The monoisotopic (exact) mass is 507 g/mol. The van der Waals surface area contributed by atoms with Gasteiger partial charge in [-0.25, -0.2) is 0 Å². The molecule has 188 valence electrons. The number of hydrogen-bond acceptors (Lipinski definition) is 6. The molecule has 3 aromatic carbocycles. The van der Waals surface area contributed by atoms with E-state index in [1.54, 1.807) is 24.3 Å². The van der Waals surface area contributed by atoms with Gasteiger partial charge in [0.2, 0.25) is 0 Å². The fourth-order valence-electron chi connectivity index (χ4n) is 3.01. The van der Waals surface area contributed by atoms with Crippen LogP contribution in [-0.2, 0) is 4.79 Å². The molecule has 36 heavy (non-hydrogen) atoms. The zero-order chi connectivity index (χ0) is 25.8.